The molecule has 0 amide bonds. The van der Waals surface area contributed by atoms with Crippen LogP contribution in [0.15, 0.2) is 30.3 Å². The van der Waals surface area contributed by atoms with Gasteiger partial charge in [-0.25, -0.2) is 9.19 Å². The standard InChI is InChI=1S/C15H14N2OS.H2O4S/c1-3-18-13-8-12-15(7-10(13)16)19-14-6-9(2)4-5-11(14)17-12;1-4-5(2)3/h4-8,16H,3H2,1-2H3;1H,(H,2,3)/p-1. The smallest absolute Gasteiger partial charge is 0.240 e. The zero-order valence-electron chi connectivity index (χ0n) is 13.0. The van der Waals surface area contributed by atoms with Crippen molar-refractivity contribution in [1.82, 2.24) is 4.98 Å². The highest BCUT2D eigenvalue weighted by Gasteiger charge is 2.12. The van der Waals surface area contributed by atoms with Crippen LogP contribution >= 0.6 is 11.3 Å². The van der Waals surface area contributed by atoms with E-state index in [1.807, 2.05) is 19.1 Å². The summed E-state index contributed by atoms with van der Waals surface area (Å²) < 4.78 is 26.8. The van der Waals surface area contributed by atoms with Crippen LogP contribution in [0.3, 0.4) is 0 Å². The molecular weight excluding hydrogens is 352 g/mol. The molecule has 1 aromatic carbocycles. The van der Waals surface area contributed by atoms with Crippen LogP contribution in [0.2, 0.25) is 0 Å². The number of nitrogens with zero attached hydrogens (tertiary/aromatic N) is 1. The molecule has 1 heterocycles. The quantitative estimate of drug-likeness (QED) is 0.297. The molecule has 0 bridgehead atoms. The number of rotatable bonds is 3. The average molecular weight is 367 g/mol. The molecule has 1 aliphatic carbocycles. The van der Waals surface area contributed by atoms with Gasteiger partial charge in [-0.2, -0.15) is 0 Å². The van der Waals surface area contributed by atoms with E-state index in [-0.39, 0.29) is 0 Å². The predicted octanol–water partition coefficient (Wildman–Crippen LogP) is -0.160. The lowest BCUT2D eigenvalue weighted by molar-refractivity contribution is -0.635. The third-order valence-corrected chi connectivity index (χ3v) is 4.23. The van der Waals surface area contributed by atoms with Crippen LogP contribution in [0.1, 0.15) is 12.5 Å². The predicted molar refractivity (Wildman–Crippen MR) is 87.2 cm³/mol. The summed E-state index contributed by atoms with van der Waals surface area (Å²) >= 11 is -1.17. The third kappa shape index (κ3) is 4.56. The van der Waals surface area contributed by atoms with E-state index in [0.717, 1.165) is 16.1 Å². The number of fused-ring (bicyclic) bond motifs is 2. The first kappa shape index (κ1) is 18.4. The Morgan fingerprint density at radius 1 is 1.33 bits per heavy atom. The second kappa shape index (κ2) is 8.27. The fraction of sp³-hybridized carbons (Fsp3) is 0.200. The third-order valence-electron chi connectivity index (χ3n) is 3.02. The van der Waals surface area contributed by atoms with Crippen molar-refractivity contribution < 1.29 is 28.5 Å². The van der Waals surface area contributed by atoms with E-state index >= 15 is 0 Å². The van der Waals surface area contributed by atoms with E-state index in [9.17, 15) is 0 Å². The molecule has 3 rings (SSSR count). The van der Waals surface area contributed by atoms with Gasteiger partial charge in [-0.05, 0) is 31.5 Å². The van der Waals surface area contributed by atoms with Gasteiger partial charge in [-0.15, -0.1) is 11.3 Å². The number of hydrogen-bond donors (Lipinski definition) is 1. The lowest BCUT2D eigenvalue weighted by Crippen LogP contribution is -2.45. The Morgan fingerprint density at radius 2 is 2.04 bits per heavy atom. The molecule has 1 aromatic rings. The molecule has 0 fully saturated rings. The van der Waals surface area contributed by atoms with Gasteiger partial charge in [0.05, 0.1) is 38.8 Å². The van der Waals surface area contributed by atoms with Gasteiger partial charge in [0.1, 0.15) is 0 Å². The van der Waals surface area contributed by atoms with Crippen molar-refractivity contribution in [3.63, 3.8) is 0 Å². The summed E-state index contributed by atoms with van der Waals surface area (Å²) in [5.74, 6) is 0.709. The highest BCUT2D eigenvalue weighted by Crippen LogP contribution is 2.31. The van der Waals surface area contributed by atoms with Crippen molar-refractivity contribution in [2.75, 3.05) is 6.61 Å². The minimum Gasteiger partial charge on any atom is -0.750 e. The SMILES string of the molecule is CCOc1cc2nc3ccc(C)cc3sc-2cc1=[NH2+].O=S([O-])O[O-]. The van der Waals surface area contributed by atoms with Crippen molar-refractivity contribution in [1.29, 1.82) is 0 Å². The molecule has 24 heavy (non-hydrogen) atoms. The monoisotopic (exact) mass is 367 g/mol. The maximum absolute atomic E-state index is 8.83. The molecule has 1 aliphatic heterocycles. The van der Waals surface area contributed by atoms with E-state index in [4.69, 9.17) is 24.2 Å². The molecule has 1 unspecified atom stereocenters. The summed E-state index contributed by atoms with van der Waals surface area (Å²) in [6, 6.07) is 10.1. The number of hydrogen-bond acceptors (Lipinski definition) is 7. The molecule has 0 spiro atoms. The van der Waals surface area contributed by atoms with Crippen molar-refractivity contribution in [2.45, 2.75) is 13.8 Å². The Morgan fingerprint density at radius 3 is 2.67 bits per heavy atom. The largest absolute Gasteiger partial charge is 0.750 e. The molecule has 128 valence electrons. The van der Waals surface area contributed by atoms with Gasteiger partial charge in [0, 0.05) is 12.1 Å². The van der Waals surface area contributed by atoms with E-state index in [1.54, 1.807) is 11.3 Å². The summed E-state index contributed by atoms with van der Waals surface area (Å²) in [5.41, 5.74) is 3.18. The maximum Gasteiger partial charge on any atom is 0.240 e. The normalized spacial score (nSPS) is 11.8. The highest BCUT2D eigenvalue weighted by atomic mass is 32.2. The number of benzene rings is 2. The molecule has 7 nitrogen and oxygen atoms in total. The molecule has 1 atom stereocenters. The van der Waals surface area contributed by atoms with E-state index < -0.39 is 11.4 Å². The summed E-state index contributed by atoms with van der Waals surface area (Å²) in [6.07, 6.45) is 0. The van der Waals surface area contributed by atoms with Gasteiger partial charge in [0.15, 0.2) is 5.75 Å². The number of ether oxygens (including phenoxy) is 1. The van der Waals surface area contributed by atoms with Crippen LogP contribution in [0.25, 0.3) is 20.8 Å². The summed E-state index contributed by atoms with van der Waals surface area (Å²) in [5, 5.41) is 15.2. The molecule has 0 aromatic heterocycles. The van der Waals surface area contributed by atoms with Gasteiger partial charge in [-0.3, -0.25) is 5.41 Å². The van der Waals surface area contributed by atoms with Gasteiger partial charge < -0.3 is 18.9 Å². The van der Waals surface area contributed by atoms with E-state index in [1.165, 1.54) is 10.3 Å². The Balaban J connectivity index is 0.000000368. The van der Waals surface area contributed by atoms with Crippen molar-refractivity contribution in [3.05, 3.63) is 41.3 Å². The number of nitrogens with two attached hydrogens (primary N) is 1. The highest BCUT2D eigenvalue weighted by molar-refractivity contribution is 7.73. The van der Waals surface area contributed by atoms with Crippen LogP contribution in [0.5, 0.6) is 5.75 Å². The van der Waals surface area contributed by atoms with Crippen LogP contribution in [-0.2, 0) is 15.7 Å². The fourth-order valence-corrected chi connectivity index (χ4v) is 3.15. The Kier molecular flexibility index (Phi) is 6.35. The Bertz CT molecular complexity index is 897. The van der Waals surface area contributed by atoms with Crippen LogP contribution < -0.4 is 20.8 Å². The van der Waals surface area contributed by atoms with E-state index in [2.05, 4.69) is 34.4 Å². The zero-order chi connectivity index (χ0) is 17.7. The minimum atomic E-state index is -2.88. The molecular formula is C15H15N2O5S2-. The lowest BCUT2D eigenvalue weighted by Gasteiger charge is -2.08. The second-order valence-corrected chi connectivity index (χ2v) is 6.38. The van der Waals surface area contributed by atoms with Crippen molar-refractivity contribution in [3.8, 4) is 16.3 Å². The van der Waals surface area contributed by atoms with Gasteiger partial charge >= 0.3 is 0 Å². The molecule has 9 heteroatoms. The number of aromatic nitrogens is 1. The topological polar surface area (TPSA) is 120 Å². The van der Waals surface area contributed by atoms with Gasteiger partial charge in [0.2, 0.25) is 5.36 Å². The van der Waals surface area contributed by atoms with Gasteiger partial charge in [0.25, 0.3) is 0 Å². The first-order chi connectivity index (χ1) is 11.4. The fourth-order valence-electron chi connectivity index (χ4n) is 2.06. The Labute approximate surface area is 144 Å². The molecule has 0 saturated heterocycles. The molecule has 2 aliphatic rings. The first-order valence-electron chi connectivity index (χ1n) is 6.90. The Hall–Kier alpha value is -1.91. The van der Waals surface area contributed by atoms with Gasteiger partial charge in [-0.1, -0.05) is 6.07 Å². The zero-order valence-corrected chi connectivity index (χ0v) is 14.6. The summed E-state index contributed by atoms with van der Waals surface area (Å²) in [6.45, 7) is 4.64. The first-order valence-corrected chi connectivity index (χ1v) is 8.72. The molecule has 0 saturated carbocycles. The van der Waals surface area contributed by atoms with Crippen molar-refractivity contribution >= 4 is 32.9 Å². The summed E-state index contributed by atoms with van der Waals surface area (Å²) in [7, 11) is 0. The lowest BCUT2D eigenvalue weighted by atomic mass is 10.2. The summed E-state index contributed by atoms with van der Waals surface area (Å²) in [4.78, 5) is 5.76. The van der Waals surface area contributed by atoms with E-state index in [0.29, 0.717) is 17.7 Å². The molecule has 2 N–H and O–H groups in total. The minimum absolute atomic E-state index is 0.603. The second-order valence-electron chi connectivity index (χ2n) is 4.75. The molecule has 0 radical (unpaired) electrons. The van der Waals surface area contributed by atoms with Crippen LogP contribution in [-0.4, -0.2) is 20.4 Å². The maximum atomic E-state index is 8.83. The van der Waals surface area contributed by atoms with Crippen molar-refractivity contribution in [2.24, 2.45) is 0 Å². The average Bonchev–Trinajstić information content (AvgIpc) is 2.55. The number of aryl methyl sites for hydroxylation is 1. The van der Waals surface area contributed by atoms with Crippen LogP contribution in [0, 0.1) is 6.92 Å². The van der Waals surface area contributed by atoms with Crippen LogP contribution in [0.4, 0.5) is 0 Å².